The van der Waals surface area contributed by atoms with E-state index in [1.165, 1.54) is 0 Å². The summed E-state index contributed by atoms with van der Waals surface area (Å²) in [5, 5.41) is 30.4. The van der Waals surface area contributed by atoms with Crippen LogP contribution in [0.1, 0.15) is 60.8 Å². The smallest absolute Gasteiger partial charge is 0.303 e. The van der Waals surface area contributed by atoms with Crippen molar-refractivity contribution in [1.29, 1.82) is 0 Å². The van der Waals surface area contributed by atoms with Crippen molar-refractivity contribution in [3.05, 3.63) is 95.1 Å². The molecule has 0 bridgehead atoms. The van der Waals surface area contributed by atoms with Crippen LogP contribution in [-0.2, 0) is 32.2 Å². The molecule has 4 N–H and O–H groups in total. The summed E-state index contributed by atoms with van der Waals surface area (Å²) in [7, 11) is 0. The van der Waals surface area contributed by atoms with Gasteiger partial charge in [0, 0.05) is 42.4 Å². The van der Waals surface area contributed by atoms with Crippen molar-refractivity contribution in [2.45, 2.75) is 57.8 Å². The molecule has 1 fully saturated rings. The SMILES string of the molecule is C[C@@H]1[C@H](CSCCO)O[C@H](c2ccc(-c3ccccc3CNC(=O)CCCC(=O)O)cc2)O[C@@H]1c1ccc(CO)cc1. The van der Waals surface area contributed by atoms with Crippen LogP contribution in [0.25, 0.3) is 11.1 Å². The first-order valence-electron chi connectivity index (χ1n) is 14.3. The average molecular weight is 594 g/mol. The van der Waals surface area contributed by atoms with Crippen LogP contribution in [0.2, 0.25) is 0 Å². The van der Waals surface area contributed by atoms with E-state index in [1.54, 1.807) is 11.8 Å². The fraction of sp³-hybridized carbons (Fsp3) is 0.394. The predicted molar refractivity (Wildman–Crippen MR) is 163 cm³/mol. The van der Waals surface area contributed by atoms with Gasteiger partial charge in [0.25, 0.3) is 0 Å². The van der Waals surface area contributed by atoms with Crippen molar-refractivity contribution >= 4 is 23.6 Å². The topological polar surface area (TPSA) is 125 Å². The Kier molecular flexibility index (Phi) is 12.0. The van der Waals surface area contributed by atoms with Gasteiger partial charge in [-0.3, -0.25) is 9.59 Å². The number of hydrogen-bond donors (Lipinski definition) is 4. The summed E-state index contributed by atoms with van der Waals surface area (Å²) < 4.78 is 13.0. The number of aliphatic hydroxyl groups is 2. The van der Waals surface area contributed by atoms with E-state index in [0.717, 1.165) is 39.1 Å². The Hall–Kier alpha value is -3.21. The zero-order valence-corrected chi connectivity index (χ0v) is 24.6. The second-order valence-corrected chi connectivity index (χ2v) is 11.6. The number of carbonyl (C=O) groups is 2. The van der Waals surface area contributed by atoms with E-state index in [4.69, 9.17) is 14.6 Å². The quantitative estimate of drug-likeness (QED) is 0.187. The Labute approximate surface area is 251 Å². The first-order chi connectivity index (χ1) is 20.4. The molecule has 8 nitrogen and oxygen atoms in total. The number of carboxylic acid groups (broad SMARTS) is 1. The molecular weight excluding hydrogens is 554 g/mol. The number of rotatable bonds is 14. The molecular formula is C33H39NO7S. The summed E-state index contributed by atoms with van der Waals surface area (Å²) in [6.45, 7) is 2.58. The normalized spacial score (nSPS) is 20.3. The molecule has 1 amide bonds. The molecule has 0 unspecified atom stereocenters. The monoisotopic (exact) mass is 593 g/mol. The van der Waals surface area contributed by atoms with E-state index >= 15 is 0 Å². The van der Waals surface area contributed by atoms with Gasteiger partial charge in [0.05, 0.1) is 25.4 Å². The van der Waals surface area contributed by atoms with Gasteiger partial charge >= 0.3 is 5.97 Å². The third-order valence-corrected chi connectivity index (χ3v) is 8.46. The number of benzene rings is 3. The van der Waals surface area contributed by atoms with Gasteiger partial charge < -0.3 is 30.1 Å². The molecule has 4 atom stereocenters. The van der Waals surface area contributed by atoms with Crippen LogP contribution in [0.15, 0.2) is 72.8 Å². The number of amides is 1. The van der Waals surface area contributed by atoms with Gasteiger partial charge in [-0.25, -0.2) is 0 Å². The minimum Gasteiger partial charge on any atom is -0.481 e. The van der Waals surface area contributed by atoms with Gasteiger partial charge in [0.15, 0.2) is 6.29 Å². The van der Waals surface area contributed by atoms with E-state index in [0.29, 0.717) is 18.7 Å². The van der Waals surface area contributed by atoms with E-state index in [1.807, 2.05) is 72.8 Å². The van der Waals surface area contributed by atoms with Crippen molar-refractivity contribution in [1.82, 2.24) is 5.32 Å². The van der Waals surface area contributed by atoms with Crippen LogP contribution < -0.4 is 5.32 Å². The maximum atomic E-state index is 12.2. The molecule has 1 heterocycles. The summed E-state index contributed by atoms with van der Waals surface area (Å²) in [5.41, 5.74) is 5.71. The highest BCUT2D eigenvalue weighted by Gasteiger charge is 2.38. The molecule has 0 saturated carbocycles. The van der Waals surface area contributed by atoms with Crippen molar-refractivity contribution in [2.75, 3.05) is 18.1 Å². The van der Waals surface area contributed by atoms with Crippen molar-refractivity contribution in [3.8, 4) is 11.1 Å². The Balaban J connectivity index is 1.49. The van der Waals surface area contributed by atoms with Gasteiger partial charge in [0.2, 0.25) is 5.91 Å². The summed E-state index contributed by atoms with van der Waals surface area (Å²) in [5.74, 6) is 0.386. The number of ether oxygens (including phenoxy) is 2. The van der Waals surface area contributed by atoms with Gasteiger partial charge in [-0.05, 0) is 34.2 Å². The van der Waals surface area contributed by atoms with Crippen molar-refractivity contribution in [3.63, 3.8) is 0 Å². The zero-order chi connectivity index (χ0) is 29.9. The Bertz CT molecular complexity index is 1300. The number of thioether (sulfide) groups is 1. The third kappa shape index (κ3) is 8.65. The lowest BCUT2D eigenvalue weighted by molar-refractivity contribution is -0.268. The van der Waals surface area contributed by atoms with E-state index in [-0.39, 0.29) is 50.1 Å². The minimum atomic E-state index is -0.904. The fourth-order valence-electron chi connectivity index (χ4n) is 5.03. The maximum Gasteiger partial charge on any atom is 0.303 e. The maximum absolute atomic E-state index is 12.2. The lowest BCUT2D eigenvalue weighted by Crippen LogP contribution is -2.38. The van der Waals surface area contributed by atoms with E-state index < -0.39 is 12.3 Å². The number of aliphatic hydroxyl groups excluding tert-OH is 2. The highest BCUT2D eigenvalue weighted by molar-refractivity contribution is 7.99. The standard InChI is InChI=1S/C33H39NO7S/c1-22-29(21-42-18-17-35)40-33(41-32(22)25-11-9-23(20-36)10-12-25)26-15-13-24(14-16-26)28-6-3-2-5-27(28)19-34-30(37)7-4-8-31(38)39/h2-3,5-6,9-16,22,29,32-33,35-36H,4,7-8,17-21H2,1H3,(H,34,37)(H,38,39)/t22-,29+,32+,33+/m1/s1. The highest BCUT2D eigenvalue weighted by atomic mass is 32.2. The lowest BCUT2D eigenvalue weighted by atomic mass is 9.91. The number of nitrogens with one attached hydrogen (secondary N) is 1. The molecule has 0 spiro atoms. The van der Waals surface area contributed by atoms with Crippen LogP contribution in [0, 0.1) is 5.92 Å². The van der Waals surface area contributed by atoms with Crippen LogP contribution in [0.4, 0.5) is 0 Å². The average Bonchev–Trinajstić information content (AvgIpc) is 3.01. The summed E-state index contributed by atoms with van der Waals surface area (Å²) in [4.78, 5) is 22.9. The van der Waals surface area contributed by atoms with Gasteiger partial charge in [-0.1, -0.05) is 79.7 Å². The molecule has 42 heavy (non-hydrogen) atoms. The minimum absolute atomic E-state index is 0.0117. The number of hydrogen-bond acceptors (Lipinski definition) is 7. The van der Waals surface area contributed by atoms with Crippen molar-refractivity contribution < 1.29 is 34.4 Å². The largest absolute Gasteiger partial charge is 0.481 e. The molecule has 4 rings (SSSR count). The fourth-order valence-corrected chi connectivity index (χ4v) is 5.94. The number of aliphatic carboxylic acids is 1. The molecule has 1 aliphatic rings. The lowest BCUT2D eigenvalue weighted by Gasteiger charge is -2.41. The second-order valence-electron chi connectivity index (χ2n) is 10.4. The Morgan fingerprint density at radius 1 is 0.905 bits per heavy atom. The molecule has 1 saturated heterocycles. The predicted octanol–water partition coefficient (Wildman–Crippen LogP) is 5.23. The molecule has 3 aromatic carbocycles. The molecule has 0 radical (unpaired) electrons. The highest BCUT2D eigenvalue weighted by Crippen LogP contribution is 2.42. The first-order valence-corrected chi connectivity index (χ1v) is 15.4. The van der Waals surface area contributed by atoms with Gasteiger partial charge in [-0.15, -0.1) is 0 Å². The molecule has 9 heteroatoms. The summed E-state index contributed by atoms with van der Waals surface area (Å²) in [6, 6.07) is 23.7. The molecule has 224 valence electrons. The molecule has 0 aliphatic carbocycles. The van der Waals surface area contributed by atoms with E-state index in [9.17, 15) is 19.8 Å². The van der Waals surface area contributed by atoms with Gasteiger partial charge in [0.1, 0.15) is 0 Å². The van der Waals surface area contributed by atoms with E-state index in [2.05, 4.69) is 12.2 Å². The van der Waals surface area contributed by atoms with Crippen LogP contribution >= 0.6 is 11.8 Å². The van der Waals surface area contributed by atoms with Crippen LogP contribution in [0.5, 0.6) is 0 Å². The van der Waals surface area contributed by atoms with Crippen LogP contribution in [-0.4, -0.2) is 51.4 Å². The zero-order valence-electron chi connectivity index (χ0n) is 23.8. The molecule has 3 aromatic rings. The van der Waals surface area contributed by atoms with Crippen LogP contribution in [0.3, 0.4) is 0 Å². The van der Waals surface area contributed by atoms with Gasteiger partial charge in [-0.2, -0.15) is 11.8 Å². The summed E-state index contributed by atoms with van der Waals surface area (Å²) >= 11 is 1.66. The number of carboxylic acids is 1. The second kappa shape index (κ2) is 15.9. The third-order valence-electron chi connectivity index (χ3n) is 7.42. The first kappa shape index (κ1) is 31.7. The summed E-state index contributed by atoms with van der Waals surface area (Å²) in [6.07, 6.45) is -0.391. The molecule has 1 aliphatic heterocycles. The van der Waals surface area contributed by atoms with Crippen molar-refractivity contribution in [2.24, 2.45) is 5.92 Å². The molecule has 0 aromatic heterocycles. The number of carbonyl (C=O) groups excluding carboxylic acids is 1. The Morgan fingerprint density at radius 2 is 1.62 bits per heavy atom. The Morgan fingerprint density at radius 3 is 2.31 bits per heavy atom.